The van der Waals surface area contributed by atoms with Crippen LogP contribution < -0.4 is 5.32 Å². The van der Waals surface area contributed by atoms with Gasteiger partial charge < -0.3 is 10.1 Å². The van der Waals surface area contributed by atoms with E-state index in [0.29, 0.717) is 12.0 Å². The van der Waals surface area contributed by atoms with Crippen LogP contribution in [0.15, 0.2) is 42.5 Å². The quantitative estimate of drug-likeness (QED) is 0.656. The molecule has 0 spiro atoms. The standard InChI is InChI=1S/C28H29FN4O3/c1-28(2,3)36-27(35)33-23-10-8-20(14-23)25(33)26(34)32-22(16-31)12-17-4-6-18(7-5-17)19-9-11-24(29)21(13-19)15-30/h4-7,9,11,13,20,22-23,25H,8,10,12,14H2,1-3H3,(H,32,34)/t20-,22-,23+,25-/m0/s1. The van der Waals surface area contributed by atoms with E-state index >= 15 is 0 Å². The van der Waals surface area contributed by atoms with Crippen molar-refractivity contribution in [2.24, 2.45) is 5.92 Å². The molecule has 1 saturated heterocycles. The van der Waals surface area contributed by atoms with Crippen molar-refractivity contribution in [1.82, 2.24) is 10.2 Å². The SMILES string of the molecule is CC(C)(C)OC(=O)N1[C@@H]2CC[C@@H](C2)[C@H]1C(=O)N[C@H](C#N)Cc1ccc(-c2ccc(F)c(C#N)c2)cc1. The second-order valence-electron chi connectivity index (χ2n) is 10.5. The molecule has 0 radical (unpaired) electrons. The Hall–Kier alpha value is -3.91. The summed E-state index contributed by atoms with van der Waals surface area (Å²) in [7, 11) is 0. The Bertz CT molecular complexity index is 1240. The highest BCUT2D eigenvalue weighted by Crippen LogP contribution is 2.43. The minimum Gasteiger partial charge on any atom is -0.444 e. The maximum absolute atomic E-state index is 13.6. The van der Waals surface area contributed by atoms with Crippen LogP contribution >= 0.6 is 0 Å². The van der Waals surface area contributed by atoms with Gasteiger partial charge in [-0.1, -0.05) is 30.3 Å². The number of rotatable bonds is 5. The number of halogens is 1. The van der Waals surface area contributed by atoms with E-state index in [1.54, 1.807) is 31.7 Å². The second kappa shape index (κ2) is 9.99. The normalized spacial score (nSPS) is 21.4. The molecule has 1 heterocycles. The van der Waals surface area contributed by atoms with E-state index in [9.17, 15) is 19.2 Å². The molecule has 2 amide bonds. The predicted molar refractivity (Wildman–Crippen MR) is 131 cm³/mol. The Morgan fingerprint density at radius 3 is 2.47 bits per heavy atom. The number of ether oxygens (including phenoxy) is 1. The van der Waals surface area contributed by atoms with Crippen LogP contribution in [0.2, 0.25) is 0 Å². The van der Waals surface area contributed by atoms with Crippen molar-refractivity contribution in [3.63, 3.8) is 0 Å². The van der Waals surface area contributed by atoms with Gasteiger partial charge in [0, 0.05) is 12.5 Å². The van der Waals surface area contributed by atoms with Gasteiger partial charge in [0.25, 0.3) is 0 Å². The predicted octanol–water partition coefficient (Wildman–Crippen LogP) is 4.70. The van der Waals surface area contributed by atoms with Crippen LogP contribution in [0, 0.1) is 34.4 Å². The highest BCUT2D eigenvalue weighted by Gasteiger charge is 2.52. The number of fused-ring (bicyclic) bond motifs is 2. The van der Waals surface area contributed by atoms with E-state index < -0.39 is 29.6 Å². The fraction of sp³-hybridized carbons (Fsp3) is 0.429. The summed E-state index contributed by atoms with van der Waals surface area (Å²) < 4.78 is 19.2. The maximum Gasteiger partial charge on any atom is 0.411 e. The first kappa shape index (κ1) is 25.2. The summed E-state index contributed by atoms with van der Waals surface area (Å²) in [6.45, 7) is 5.39. The van der Waals surface area contributed by atoms with Gasteiger partial charge in [-0.05, 0) is 74.8 Å². The van der Waals surface area contributed by atoms with Crippen molar-refractivity contribution in [2.75, 3.05) is 0 Å². The van der Waals surface area contributed by atoms with Crippen LogP contribution in [0.1, 0.15) is 51.2 Å². The molecule has 1 saturated carbocycles. The number of nitrogens with one attached hydrogen (secondary N) is 1. The minimum absolute atomic E-state index is 0.0123. The number of amides is 2. The Balaban J connectivity index is 1.43. The molecule has 2 aromatic rings. The molecule has 186 valence electrons. The van der Waals surface area contributed by atoms with Gasteiger partial charge in [-0.25, -0.2) is 9.18 Å². The molecule has 7 nitrogen and oxygen atoms in total. The smallest absolute Gasteiger partial charge is 0.411 e. The molecule has 2 fully saturated rings. The lowest BCUT2D eigenvalue weighted by Gasteiger charge is -2.35. The van der Waals surface area contributed by atoms with E-state index in [4.69, 9.17) is 10.00 Å². The third kappa shape index (κ3) is 5.33. The Morgan fingerprint density at radius 2 is 1.83 bits per heavy atom. The molecule has 1 aliphatic heterocycles. The van der Waals surface area contributed by atoms with Crippen molar-refractivity contribution < 1.29 is 18.7 Å². The summed E-state index contributed by atoms with van der Waals surface area (Å²) in [5, 5.41) is 21.6. The number of hydrogen-bond acceptors (Lipinski definition) is 5. The molecular weight excluding hydrogens is 459 g/mol. The molecule has 2 bridgehead atoms. The van der Waals surface area contributed by atoms with Crippen LogP contribution in [-0.4, -0.2) is 40.6 Å². The lowest BCUT2D eigenvalue weighted by atomic mass is 9.97. The third-order valence-electron chi connectivity index (χ3n) is 6.74. The Kier molecular flexibility index (Phi) is 6.99. The molecule has 1 aliphatic carbocycles. The molecule has 1 N–H and O–H groups in total. The van der Waals surface area contributed by atoms with Crippen molar-refractivity contribution in [3.05, 3.63) is 59.4 Å². The highest BCUT2D eigenvalue weighted by atomic mass is 19.1. The minimum atomic E-state index is -0.765. The highest BCUT2D eigenvalue weighted by molar-refractivity contribution is 5.87. The molecule has 0 aromatic heterocycles. The van der Waals surface area contributed by atoms with E-state index in [1.165, 1.54) is 12.1 Å². The molecule has 36 heavy (non-hydrogen) atoms. The number of nitriles is 2. The number of nitrogens with zero attached hydrogens (tertiary/aromatic N) is 3. The zero-order valence-corrected chi connectivity index (χ0v) is 20.6. The van der Waals surface area contributed by atoms with Gasteiger partial charge in [0.15, 0.2) is 0 Å². The first-order valence-electron chi connectivity index (χ1n) is 12.1. The number of carbonyl (C=O) groups is 2. The summed E-state index contributed by atoms with van der Waals surface area (Å²) in [5.74, 6) is -0.826. The first-order chi connectivity index (χ1) is 17.1. The Morgan fingerprint density at radius 1 is 1.14 bits per heavy atom. The Labute approximate surface area is 210 Å². The largest absolute Gasteiger partial charge is 0.444 e. The zero-order chi connectivity index (χ0) is 26.0. The number of hydrogen-bond donors (Lipinski definition) is 1. The molecule has 2 aliphatic rings. The summed E-state index contributed by atoms with van der Waals surface area (Å²) in [6, 6.07) is 14.3. The van der Waals surface area contributed by atoms with Gasteiger partial charge in [0.05, 0.1) is 11.6 Å². The van der Waals surface area contributed by atoms with Crippen LogP contribution in [0.4, 0.5) is 9.18 Å². The van der Waals surface area contributed by atoms with Gasteiger partial charge in [-0.2, -0.15) is 10.5 Å². The zero-order valence-electron chi connectivity index (χ0n) is 20.6. The van der Waals surface area contributed by atoms with Crippen molar-refractivity contribution in [1.29, 1.82) is 10.5 Å². The number of carbonyl (C=O) groups excluding carboxylic acids is 2. The summed E-state index contributed by atoms with van der Waals surface area (Å²) in [5.41, 5.74) is 1.67. The maximum atomic E-state index is 13.6. The number of likely N-dealkylation sites (tertiary alicyclic amines) is 1. The second-order valence-corrected chi connectivity index (χ2v) is 10.5. The molecule has 2 aromatic carbocycles. The van der Waals surface area contributed by atoms with Gasteiger partial charge in [-0.3, -0.25) is 9.69 Å². The van der Waals surface area contributed by atoms with Gasteiger partial charge in [-0.15, -0.1) is 0 Å². The topological polar surface area (TPSA) is 106 Å². The van der Waals surface area contributed by atoms with Gasteiger partial charge in [0.2, 0.25) is 5.91 Å². The monoisotopic (exact) mass is 488 g/mol. The summed E-state index contributed by atoms with van der Waals surface area (Å²) in [4.78, 5) is 27.6. The van der Waals surface area contributed by atoms with E-state index in [0.717, 1.165) is 30.4 Å². The van der Waals surface area contributed by atoms with Crippen LogP contribution in [-0.2, 0) is 16.0 Å². The van der Waals surface area contributed by atoms with E-state index in [1.807, 2.05) is 30.3 Å². The van der Waals surface area contributed by atoms with Crippen molar-refractivity contribution in [2.45, 2.75) is 70.2 Å². The number of piperidine rings is 1. The van der Waals surface area contributed by atoms with Crippen LogP contribution in [0.3, 0.4) is 0 Å². The fourth-order valence-electron chi connectivity index (χ4n) is 5.15. The van der Waals surface area contributed by atoms with E-state index in [2.05, 4.69) is 11.4 Å². The van der Waals surface area contributed by atoms with Crippen molar-refractivity contribution >= 4 is 12.0 Å². The lowest BCUT2D eigenvalue weighted by Crippen LogP contribution is -2.55. The van der Waals surface area contributed by atoms with Crippen molar-refractivity contribution in [3.8, 4) is 23.3 Å². The van der Waals surface area contributed by atoms with Gasteiger partial charge in [0.1, 0.15) is 29.6 Å². The van der Waals surface area contributed by atoms with Crippen LogP contribution in [0.25, 0.3) is 11.1 Å². The van der Waals surface area contributed by atoms with Crippen LogP contribution in [0.5, 0.6) is 0 Å². The average molecular weight is 489 g/mol. The summed E-state index contributed by atoms with van der Waals surface area (Å²) >= 11 is 0. The van der Waals surface area contributed by atoms with Gasteiger partial charge >= 0.3 is 6.09 Å². The average Bonchev–Trinajstić information content (AvgIpc) is 3.45. The van der Waals surface area contributed by atoms with E-state index in [-0.39, 0.29) is 23.4 Å². The molecule has 4 rings (SSSR count). The fourth-order valence-corrected chi connectivity index (χ4v) is 5.15. The lowest BCUT2D eigenvalue weighted by molar-refractivity contribution is -0.128. The first-order valence-corrected chi connectivity index (χ1v) is 12.1. The molecule has 0 unspecified atom stereocenters. The summed E-state index contributed by atoms with van der Waals surface area (Å²) in [6.07, 6.45) is 2.30. The molecule has 4 atom stereocenters. The third-order valence-corrected chi connectivity index (χ3v) is 6.74. The number of benzene rings is 2. The molecular formula is C28H29FN4O3. The molecule has 8 heteroatoms.